The first kappa shape index (κ1) is 10.4. The van der Waals surface area contributed by atoms with Crippen LogP contribution in [0.1, 0.15) is 18.0 Å². The predicted octanol–water partition coefficient (Wildman–Crippen LogP) is 2.42. The molecule has 0 aliphatic carbocycles. The van der Waals surface area contributed by atoms with Crippen molar-refractivity contribution in [3.05, 3.63) is 35.4 Å². The van der Waals surface area contributed by atoms with Crippen molar-refractivity contribution in [3.8, 4) is 0 Å². The highest BCUT2D eigenvalue weighted by atomic mass is 35.5. The van der Waals surface area contributed by atoms with Crippen LogP contribution in [0.25, 0.3) is 0 Å². The molecule has 2 rings (SSSR count). The third-order valence-electron chi connectivity index (χ3n) is 2.16. The zero-order valence-corrected chi connectivity index (χ0v) is 7.70. The maximum absolute atomic E-state index is 13.0. The molecule has 1 aromatic carbocycles. The Labute approximate surface area is 81.6 Å². The molecule has 1 heterocycles. The van der Waals surface area contributed by atoms with Crippen molar-refractivity contribution in [1.29, 1.82) is 0 Å². The van der Waals surface area contributed by atoms with Crippen molar-refractivity contribution in [3.63, 3.8) is 0 Å². The molecule has 4 heteroatoms. The van der Waals surface area contributed by atoms with E-state index in [1.807, 2.05) is 0 Å². The van der Waals surface area contributed by atoms with Crippen molar-refractivity contribution in [2.75, 3.05) is 6.54 Å². The SMILES string of the molecule is Cl.Fc1ccc(F)c([C@H]2CCN2)c1. The first-order chi connectivity index (χ1) is 5.77. The zero-order chi connectivity index (χ0) is 8.55. The van der Waals surface area contributed by atoms with Crippen molar-refractivity contribution in [1.82, 2.24) is 5.32 Å². The Morgan fingerprint density at radius 1 is 1.31 bits per heavy atom. The van der Waals surface area contributed by atoms with E-state index < -0.39 is 0 Å². The minimum Gasteiger partial charge on any atom is -0.310 e. The lowest BCUT2D eigenvalue weighted by Crippen LogP contribution is -2.35. The zero-order valence-electron chi connectivity index (χ0n) is 6.89. The molecule has 72 valence electrons. The van der Waals surface area contributed by atoms with Crippen LogP contribution in [0.5, 0.6) is 0 Å². The number of halogens is 3. The monoisotopic (exact) mass is 205 g/mol. The molecule has 1 nitrogen and oxygen atoms in total. The lowest BCUT2D eigenvalue weighted by molar-refractivity contribution is 0.368. The van der Waals surface area contributed by atoms with E-state index in [-0.39, 0.29) is 30.1 Å². The second-order valence-corrected chi connectivity index (χ2v) is 2.96. The number of hydrogen-bond donors (Lipinski definition) is 1. The van der Waals surface area contributed by atoms with Crippen LogP contribution in [0.3, 0.4) is 0 Å². The Morgan fingerprint density at radius 2 is 2.00 bits per heavy atom. The smallest absolute Gasteiger partial charge is 0.128 e. The molecule has 1 saturated heterocycles. The summed E-state index contributed by atoms with van der Waals surface area (Å²) in [5, 5.41) is 3.02. The van der Waals surface area contributed by atoms with Gasteiger partial charge in [-0.3, -0.25) is 0 Å². The molecule has 1 aromatic rings. The molecule has 1 atom stereocenters. The maximum Gasteiger partial charge on any atom is 0.128 e. The molecule has 0 bridgehead atoms. The van der Waals surface area contributed by atoms with Crippen LogP contribution in [0.4, 0.5) is 8.78 Å². The summed E-state index contributed by atoms with van der Waals surface area (Å²) in [6.45, 7) is 0.890. The second-order valence-electron chi connectivity index (χ2n) is 2.96. The first-order valence-corrected chi connectivity index (χ1v) is 3.96. The van der Waals surface area contributed by atoms with Crippen LogP contribution in [-0.4, -0.2) is 6.54 Å². The van der Waals surface area contributed by atoms with Gasteiger partial charge in [0.15, 0.2) is 0 Å². The standard InChI is InChI=1S/C9H9F2N.ClH/c10-6-1-2-8(11)7(5-6)9-3-4-12-9;/h1-2,5,9,12H,3-4H2;1H/t9-;/m1./s1. The minimum absolute atomic E-state index is 0. The summed E-state index contributed by atoms with van der Waals surface area (Å²) >= 11 is 0. The first-order valence-electron chi connectivity index (χ1n) is 3.96. The van der Waals surface area contributed by atoms with Gasteiger partial charge in [-0.15, -0.1) is 12.4 Å². The molecular formula is C9H10ClF2N. The van der Waals surface area contributed by atoms with E-state index in [1.165, 1.54) is 12.1 Å². The Balaban J connectivity index is 0.000000845. The average Bonchev–Trinajstić information content (AvgIpc) is 1.93. The van der Waals surface area contributed by atoms with Gasteiger partial charge < -0.3 is 5.32 Å². The summed E-state index contributed by atoms with van der Waals surface area (Å²) in [6, 6.07) is 3.58. The van der Waals surface area contributed by atoms with E-state index in [0.717, 1.165) is 19.0 Å². The van der Waals surface area contributed by atoms with Crippen molar-refractivity contribution in [2.24, 2.45) is 0 Å². The van der Waals surface area contributed by atoms with Gasteiger partial charge >= 0.3 is 0 Å². The van der Waals surface area contributed by atoms with Gasteiger partial charge in [-0.25, -0.2) is 8.78 Å². The van der Waals surface area contributed by atoms with E-state index in [9.17, 15) is 8.78 Å². The molecule has 13 heavy (non-hydrogen) atoms. The lowest BCUT2D eigenvalue weighted by atomic mass is 9.97. The lowest BCUT2D eigenvalue weighted by Gasteiger charge is -2.28. The van der Waals surface area contributed by atoms with E-state index in [4.69, 9.17) is 0 Å². The Hall–Kier alpha value is -0.670. The number of benzene rings is 1. The fraction of sp³-hybridized carbons (Fsp3) is 0.333. The quantitative estimate of drug-likeness (QED) is 0.743. The second kappa shape index (κ2) is 4.03. The Kier molecular flexibility index (Phi) is 3.22. The highest BCUT2D eigenvalue weighted by Crippen LogP contribution is 2.25. The fourth-order valence-electron chi connectivity index (χ4n) is 1.34. The number of rotatable bonds is 1. The van der Waals surface area contributed by atoms with Gasteiger partial charge in [0.25, 0.3) is 0 Å². The molecule has 1 N–H and O–H groups in total. The maximum atomic E-state index is 13.0. The van der Waals surface area contributed by atoms with Gasteiger partial charge in [-0.2, -0.15) is 0 Å². The van der Waals surface area contributed by atoms with E-state index in [1.54, 1.807) is 0 Å². The summed E-state index contributed by atoms with van der Waals surface area (Å²) in [5.74, 6) is -0.700. The highest BCUT2D eigenvalue weighted by Gasteiger charge is 2.21. The van der Waals surface area contributed by atoms with Gasteiger partial charge in [-0.1, -0.05) is 0 Å². The third kappa shape index (κ3) is 1.98. The van der Waals surface area contributed by atoms with Gasteiger partial charge in [-0.05, 0) is 31.2 Å². The average molecular weight is 206 g/mol. The molecule has 1 fully saturated rings. The van der Waals surface area contributed by atoms with Crippen molar-refractivity contribution in [2.45, 2.75) is 12.5 Å². The van der Waals surface area contributed by atoms with Crippen LogP contribution in [0.2, 0.25) is 0 Å². The molecule has 1 aliphatic rings. The summed E-state index contributed by atoms with van der Waals surface area (Å²) in [5.41, 5.74) is 0.446. The fourth-order valence-corrected chi connectivity index (χ4v) is 1.34. The number of hydrogen-bond acceptors (Lipinski definition) is 1. The molecule has 0 saturated carbocycles. The topological polar surface area (TPSA) is 12.0 Å². The van der Waals surface area contributed by atoms with Gasteiger partial charge in [0, 0.05) is 11.6 Å². The van der Waals surface area contributed by atoms with Crippen LogP contribution in [-0.2, 0) is 0 Å². The van der Waals surface area contributed by atoms with E-state index in [0.29, 0.717) is 5.56 Å². The molecule has 0 aromatic heterocycles. The molecule has 0 unspecified atom stereocenters. The van der Waals surface area contributed by atoms with E-state index in [2.05, 4.69) is 5.32 Å². The summed E-state index contributed by atoms with van der Waals surface area (Å²) in [4.78, 5) is 0. The summed E-state index contributed by atoms with van der Waals surface area (Å²) < 4.78 is 25.7. The molecule has 0 amide bonds. The van der Waals surface area contributed by atoms with Crippen LogP contribution in [0, 0.1) is 11.6 Å². The van der Waals surface area contributed by atoms with Crippen LogP contribution in [0.15, 0.2) is 18.2 Å². The summed E-state index contributed by atoms with van der Waals surface area (Å²) in [6.07, 6.45) is 0.889. The van der Waals surface area contributed by atoms with Gasteiger partial charge in [0.2, 0.25) is 0 Å². The largest absolute Gasteiger partial charge is 0.310 e. The van der Waals surface area contributed by atoms with Crippen molar-refractivity contribution < 1.29 is 8.78 Å². The van der Waals surface area contributed by atoms with Crippen LogP contribution >= 0.6 is 12.4 Å². The Bertz CT molecular complexity index is 300. The highest BCUT2D eigenvalue weighted by molar-refractivity contribution is 5.85. The molecule has 1 aliphatic heterocycles. The summed E-state index contributed by atoms with van der Waals surface area (Å²) in [7, 11) is 0. The molecular weight excluding hydrogens is 196 g/mol. The van der Waals surface area contributed by atoms with Gasteiger partial charge in [0.05, 0.1) is 0 Å². The third-order valence-corrected chi connectivity index (χ3v) is 2.16. The van der Waals surface area contributed by atoms with Gasteiger partial charge in [0.1, 0.15) is 11.6 Å². The van der Waals surface area contributed by atoms with Crippen molar-refractivity contribution >= 4 is 12.4 Å². The predicted molar refractivity (Wildman–Crippen MR) is 49.0 cm³/mol. The normalized spacial score (nSPS) is 20.3. The molecule has 0 spiro atoms. The minimum atomic E-state index is -0.375. The van der Waals surface area contributed by atoms with E-state index >= 15 is 0 Å². The Morgan fingerprint density at radius 3 is 2.54 bits per heavy atom. The molecule has 0 radical (unpaired) electrons. The van der Waals surface area contributed by atoms with Crippen LogP contribution < -0.4 is 5.32 Å². The number of nitrogens with one attached hydrogen (secondary N) is 1.